The summed E-state index contributed by atoms with van der Waals surface area (Å²) in [5, 5.41) is 18.3. The van der Waals surface area contributed by atoms with Crippen molar-refractivity contribution < 1.29 is 29.1 Å². The Morgan fingerprint density at radius 2 is 2.25 bits per heavy atom. The molecule has 2 aliphatic rings. The number of amides is 1. The van der Waals surface area contributed by atoms with Crippen LogP contribution in [0.1, 0.15) is 11.8 Å². The summed E-state index contributed by atoms with van der Waals surface area (Å²) in [6.45, 7) is 1.42. The molecule has 1 amide bonds. The third-order valence-electron chi connectivity index (χ3n) is 4.20. The third-order valence-corrected chi connectivity index (χ3v) is 6.45. The van der Waals surface area contributed by atoms with Crippen molar-refractivity contribution in [3.8, 4) is 0 Å². The zero-order valence-corrected chi connectivity index (χ0v) is 16.8. The van der Waals surface area contributed by atoms with Crippen LogP contribution in [0.4, 0.5) is 0 Å². The number of fused-ring (bicyclic) bond motifs is 1. The van der Waals surface area contributed by atoms with Crippen LogP contribution in [0.15, 0.2) is 33.9 Å². The summed E-state index contributed by atoms with van der Waals surface area (Å²) >= 11 is 2.94. The maximum Gasteiger partial charge on any atom is 0.352 e. The molecule has 0 aliphatic carbocycles. The molecule has 3 heterocycles. The number of carboxylic acid groups (broad SMARTS) is 1. The first kappa shape index (κ1) is 20.4. The molecule has 1 fully saturated rings. The number of oxime groups is 1. The highest BCUT2D eigenvalue weighted by atomic mass is 32.2. The van der Waals surface area contributed by atoms with Gasteiger partial charge in [-0.1, -0.05) is 11.2 Å². The quantitative estimate of drug-likeness (QED) is 0.273. The molecule has 1 aromatic rings. The molecule has 0 spiro atoms. The van der Waals surface area contributed by atoms with Crippen LogP contribution in [0.5, 0.6) is 0 Å². The summed E-state index contributed by atoms with van der Waals surface area (Å²) in [5.41, 5.74) is 0.974. The fraction of sp³-hybridized carbons (Fsp3) is 0.412. The molecule has 1 aromatic heterocycles. The molecule has 2 aliphatic heterocycles. The average Bonchev–Trinajstić information content (AvgIpc) is 3.19. The van der Waals surface area contributed by atoms with Crippen molar-refractivity contribution in [2.45, 2.75) is 18.3 Å². The Kier molecular flexibility index (Phi) is 6.37. The number of β-lactam (4-membered cyclic amide) rings is 1. The van der Waals surface area contributed by atoms with E-state index in [-0.39, 0.29) is 23.6 Å². The summed E-state index contributed by atoms with van der Waals surface area (Å²) in [5.74, 6) is -1.68. The first-order chi connectivity index (χ1) is 13.4. The lowest BCUT2D eigenvalue weighted by Gasteiger charge is -2.49. The summed E-state index contributed by atoms with van der Waals surface area (Å²) in [4.78, 5) is 42.4. The predicted octanol–water partition coefficient (Wildman–Crippen LogP) is 0.874. The SMILES string of the molecule is CON=C(CNC1C(=O)N2C(C(=O)O)=C(COC(C)=O)CS[C@@H]12)c1cccs1. The smallest absolute Gasteiger partial charge is 0.352 e. The zero-order valence-electron chi connectivity index (χ0n) is 15.2. The number of hydrogen-bond acceptors (Lipinski definition) is 9. The average molecular weight is 425 g/mol. The topological polar surface area (TPSA) is 118 Å². The second kappa shape index (κ2) is 8.76. The summed E-state index contributed by atoms with van der Waals surface area (Å²) in [7, 11) is 1.45. The molecule has 0 bridgehead atoms. The maximum atomic E-state index is 12.6. The van der Waals surface area contributed by atoms with Crippen LogP contribution in [0.25, 0.3) is 0 Å². The number of hydrogen-bond donors (Lipinski definition) is 2. The van der Waals surface area contributed by atoms with E-state index in [9.17, 15) is 19.5 Å². The lowest BCUT2D eigenvalue weighted by Crippen LogP contribution is -2.70. The molecule has 11 heteroatoms. The number of aliphatic carboxylic acids is 1. The van der Waals surface area contributed by atoms with Gasteiger partial charge < -0.3 is 14.7 Å². The van der Waals surface area contributed by atoms with Gasteiger partial charge in [-0.3, -0.25) is 19.8 Å². The van der Waals surface area contributed by atoms with Gasteiger partial charge in [-0.15, -0.1) is 23.1 Å². The number of carbonyl (C=O) groups is 3. The van der Waals surface area contributed by atoms with E-state index in [4.69, 9.17) is 9.57 Å². The largest absolute Gasteiger partial charge is 0.477 e. The van der Waals surface area contributed by atoms with Crippen LogP contribution in [0.3, 0.4) is 0 Å². The van der Waals surface area contributed by atoms with Crippen molar-refractivity contribution in [2.24, 2.45) is 5.16 Å². The van der Waals surface area contributed by atoms with Crippen molar-refractivity contribution in [1.82, 2.24) is 10.2 Å². The van der Waals surface area contributed by atoms with E-state index in [0.717, 1.165) is 4.88 Å². The Bertz CT molecular complexity index is 836. The molecule has 2 atom stereocenters. The van der Waals surface area contributed by atoms with Gasteiger partial charge in [0.1, 0.15) is 36.5 Å². The molecular weight excluding hydrogens is 406 g/mol. The fourth-order valence-corrected chi connectivity index (χ4v) is 5.02. The van der Waals surface area contributed by atoms with Crippen LogP contribution >= 0.6 is 23.1 Å². The monoisotopic (exact) mass is 425 g/mol. The Morgan fingerprint density at radius 1 is 1.46 bits per heavy atom. The van der Waals surface area contributed by atoms with E-state index in [1.54, 1.807) is 0 Å². The number of nitrogens with zero attached hydrogens (tertiary/aromatic N) is 2. The van der Waals surface area contributed by atoms with Crippen molar-refractivity contribution >= 4 is 46.7 Å². The Morgan fingerprint density at radius 3 is 2.86 bits per heavy atom. The predicted molar refractivity (Wildman–Crippen MR) is 104 cm³/mol. The van der Waals surface area contributed by atoms with Gasteiger partial charge in [0.2, 0.25) is 5.91 Å². The Balaban J connectivity index is 1.70. The van der Waals surface area contributed by atoms with Gasteiger partial charge in [0.25, 0.3) is 0 Å². The first-order valence-corrected chi connectivity index (χ1v) is 10.3. The molecule has 1 unspecified atom stereocenters. The fourth-order valence-electron chi connectivity index (χ4n) is 2.96. The highest BCUT2D eigenvalue weighted by Gasteiger charge is 2.53. The zero-order chi connectivity index (χ0) is 20.3. The molecular formula is C17H19N3O6S2. The second-order valence-corrected chi connectivity index (χ2v) is 8.06. The number of carbonyl (C=O) groups excluding carboxylic acids is 2. The van der Waals surface area contributed by atoms with E-state index in [0.29, 0.717) is 23.6 Å². The van der Waals surface area contributed by atoms with Gasteiger partial charge in [0, 0.05) is 24.8 Å². The number of thioether (sulfide) groups is 1. The van der Waals surface area contributed by atoms with Crippen LogP contribution < -0.4 is 5.32 Å². The lowest BCUT2D eigenvalue weighted by atomic mass is 10.0. The van der Waals surface area contributed by atoms with Crippen LogP contribution in [0.2, 0.25) is 0 Å². The minimum Gasteiger partial charge on any atom is -0.477 e. The minimum absolute atomic E-state index is 0.0999. The second-order valence-electron chi connectivity index (χ2n) is 6.00. The summed E-state index contributed by atoms with van der Waals surface area (Å²) < 4.78 is 4.92. The first-order valence-electron chi connectivity index (χ1n) is 8.34. The molecule has 150 valence electrons. The van der Waals surface area contributed by atoms with Crippen molar-refractivity contribution in [2.75, 3.05) is 26.0 Å². The molecule has 28 heavy (non-hydrogen) atoms. The van der Waals surface area contributed by atoms with Crippen molar-refractivity contribution in [1.29, 1.82) is 0 Å². The van der Waals surface area contributed by atoms with Gasteiger partial charge in [-0.2, -0.15) is 0 Å². The third kappa shape index (κ3) is 4.05. The van der Waals surface area contributed by atoms with Crippen molar-refractivity contribution in [3.63, 3.8) is 0 Å². The van der Waals surface area contributed by atoms with Gasteiger partial charge in [-0.25, -0.2) is 4.79 Å². The Labute approximate surface area is 169 Å². The number of rotatable bonds is 8. The summed E-state index contributed by atoms with van der Waals surface area (Å²) in [6, 6.07) is 3.27. The molecule has 1 saturated heterocycles. The number of ether oxygens (including phenoxy) is 1. The molecule has 3 rings (SSSR count). The van der Waals surface area contributed by atoms with Gasteiger partial charge in [0.05, 0.1) is 4.88 Å². The van der Waals surface area contributed by atoms with Crippen LogP contribution in [0, 0.1) is 0 Å². The number of nitrogens with one attached hydrogen (secondary N) is 1. The van der Waals surface area contributed by atoms with Crippen molar-refractivity contribution in [3.05, 3.63) is 33.7 Å². The van der Waals surface area contributed by atoms with E-state index in [2.05, 4.69) is 10.5 Å². The number of thiophene rings is 1. The van der Waals surface area contributed by atoms with Crippen LogP contribution in [-0.4, -0.2) is 71.0 Å². The van der Waals surface area contributed by atoms with Crippen LogP contribution in [-0.2, 0) is 24.0 Å². The van der Waals surface area contributed by atoms with Gasteiger partial charge >= 0.3 is 11.9 Å². The molecule has 9 nitrogen and oxygen atoms in total. The molecule has 0 saturated carbocycles. The number of esters is 1. The lowest BCUT2D eigenvalue weighted by molar-refractivity contribution is -0.149. The van der Waals surface area contributed by atoms with E-state index in [1.807, 2.05) is 17.5 Å². The number of carboxylic acids is 1. The van der Waals surface area contributed by atoms with Gasteiger partial charge in [-0.05, 0) is 11.4 Å². The van der Waals surface area contributed by atoms with E-state index >= 15 is 0 Å². The van der Waals surface area contributed by atoms with E-state index in [1.165, 1.54) is 42.0 Å². The normalized spacial score (nSPS) is 21.9. The summed E-state index contributed by atoms with van der Waals surface area (Å²) in [6.07, 6.45) is 0. The van der Waals surface area contributed by atoms with E-state index < -0.39 is 18.0 Å². The molecule has 0 aromatic carbocycles. The standard InChI is InChI=1S/C17H19N3O6S2/c1-9(21)26-7-10-8-28-16-13(15(22)20(16)14(10)17(23)24)18-6-11(19-25-2)12-4-3-5-27-12/h3-5,13,16,18H,6-8H2,1-2H3,(H,23,24)/t13?,16-/m0/s1. The minimum atomic E-state index is -1.21. The van der Waals surface area contributed by atoms with Gasteiger partial charge in [0.15, 0.2) is 0 Å². The Hall–Kier alpha value is -2.37. The molecule has 0 radical (unpaired) electrons. The molecule has 2 N–H and O–H groups in total. The highest BCUT2D eigenvalue weighted by molar-refractivity contribution is 8.00. The highest BCUT2D eigenvalue weighted by Crippen LogP contribution is 2.40. The maximum absolute atomic E-state index is 12.6.